The number of hydrogen-bond donors (Lipinski definition) is 1. The normalized spacial score (nSPS) is 20.3. The number of rotatable bonds is 5. The van der Waals surface area contributed by atoms with Gasteiger partial charge in [-0.25, -0.2) is 4.39 Å². The van der Waals surface area contributed by atoms with Gasteiger partial charge in [-0.1, -0.05) is 35.9 Å². The number of imide groups is 1. The number of hydrogen-bond acceptors (Lipinski definition) is 5. The van der Waals surface area contributed by atoms with Crippen LogP contribution in [-0.2, 0) is 22.7 Å². The topological polar surface area (TPSA) is 82.6 Å². The zero-order valence-electron chi connectivity index (χ0n) is 22.0. The highest BCUT2D eigenvalue weighted by Crippen LogP contribution is 2.38. The van der Waals surface area contributed by atoms with E-state index in [0.717, 1.165) is 60.4 Å². The van der Waals surface area contributed by atoms with Gasteiger partial charge < -0.3 is 4.90 Å². The second-order valence-electron chi connectivity index (χ2n) is 10.9. The highest BCUT2D eigenvalue weighted by Gasteiger charge is 2.41. The first-order chi connectivity index (χ1) is 18.9. The van der Waals surface area contributed by atoms with Crippen LogP contribution < -0.4 is 5.32 Å². The van der Waals surface area contributed by atoms with Crippen molar-refractivity contribution in [3.63, 3.8) is 0 Å². The summed E-state index contributed by atoms with van der Waals surface area (Å²) < 4.78 is 14.7. The van der Waals surface area contributed by atoms with E-state index in [4.69, 9.17) is 0 Å². The van der Waals surface area contributed by atoms with Crippen molar-refractivity contribution in [1.82, 2.24) is 20.1 Å². The standard InChI is InChI=1S/C31H31FN4O3/c1-19-2-5-22(6-3-19)27-7-4-20(16-33-27)17-35-12-10-21(11-13-35)24-14-23(32)15-25-26(24)18-36(31(25)39)28-8-9-29(37)34-30(28)38/h2-7,14-16,21,28H,8-13,17-18H2,1H3,(H,34,37,38). The largest absolute Gasteiger partial charge is 0.322 e. The van der Waals surface area contributed by atoms with Gasteiger partial charge in [0, 0.05) is 36.8 Å². The summed E-state index contributed by atoms with van der Waals surface area (Å²) >= 11 is 0. The maximum absolute atomic E-state index is 14.7. The molecule has 0 radical (unpaired) electrons. The quantitative estimate of drug-likeness (QED) is 0.501. The second-order valence-corrected chi connectivity index (χ2v) is 10.9. The minimum absolute atomic E-state index is 0.141. The van der Waals surface area contributed by atoms with Gasteiger partial charge >= 0.3 is 0 Å². The molecule has 0 spiro atoms. The number of fused-ring (bicyclic) bond motifs is 1. The minimum atomic E-state index is -0.702. The van der Waals surface area contributed by atoms with Crippen molar-refractivity contribution in [1.29, 1.82) is 0 Å². The molecular formula is C31H31FN4O3. The van der Waals surface area contributed by atoms with Crippen LogP contribution >= 0.6 is 0 Å². The molecule has 3 aliphatic rings. The predicted molar refractivity (Wildman–Crippen MR) is 144 cm³/mol. The number of aromatic nitrogens is 1. The molecule has 39 heavy (non-hydrogen) atoms. The fraction of sp³-hybridized carbons (Fsp3) is 0.355. The predicted octanol–water partition coefficient (Wildman–Crippen LogP) is 4.34. The van der Waals surface area contributed by atoms with E-state index >= 15 is 0 Å². The summed E-state index contributed by atoms with van der Waals surface area (Å²) in [7, 11) is 0. The van der Waals surface area contributed by atoms with E-state index < -0.39 is 17.8 Å². The summed E-state index contributed by atoms with van der Waals surface area (Å²) in [6, 6.07) is 14.7. The van der Waals surface area contributed by atoms with Crippen molar-refractivity contribution >= 4 is 17.7 Å². The molecule has 1 unspecified atom stereocenters. The van der Waals surface area contributed by atoms with E-state index in [9.17, 15) is 18.8 Å². The average Bonchev–Trinajstić information content (AvgIpc) is 3.25. The molecule has 2 saturated heterocycles. The molecule has 7 nitrogen and oxygen atoms in total. The second kappa shape index (κ2) is 10.3. The zero-order chi connectivity index (χ0) is 27.1. The fourth-order valence-electron chi connectivity index (χ4n) is 6.09. The first-order valence-electron chi connectivity index (χ1n) is 13.6. The molecule has 8 heteroatoms. The molecule has 1 aromatic heterocycles. The van der Waals surface area contributed by atoms with E-state index in [1.807, 2.05) is 6.20 Å². The third-order valence-electron chi connectivity index (χ3n) is 8.26. The molecule has 3 aliphatic heterocycles. The first kappa shape index (κ1) is 25.4. The van der Waals surface area contributed by atoms with Gasteiger partial charge in [-0.2, -0.15) is 0 Å². The summed E-state index contributed by atoms with van der Waals surface area (Å²) in [5.74, 6) is -1.40. The zero-order valence-corrected chi connectivity index (χ0v) is 22.0. The van der Waals surface area contributed by atoms with Crippen LogP contribution in [0.15, 0.2) is 54.7 Å². The number of halogens is 1. The molecule has 2 fully saturated rings. The fourth-order valence-corrected chi connectivity index (χ4v) is 6.09. The summed E-state index contributed by atoms with van der Waals surface area (Å²) in [5, 5.41) is 2.33. The maximum Gasteiger partial charge on any atom is 0.255 e. The summed E-state index contributed by atoms with van der Waals surface area (Å²) in [5.41, 5.74) is 6.47. The van der Waals surface area contributed by atoms with Crippen LogP contribution in [0.1, 0.15) is 64.2 Å². The van der Waals surface area contributed by atoms with Crippen molar-refractivity contribution in [2.75, 3.05) is 13.1 Å². The smallest absolute Gasteiger partial charge is 0.255 e. The summed E-state index contributed by atoms with van der Waals surface area (Å²) in [6.07, 6.45) is 4.15. The Labute approximate surface area is 227 Å². The van der Waals surface area contributed by atoms with Gasteiger partial charge in [-0.05, 0) is 80.1 Å². The average molecular weight is 527 g/mol. The number of nitrogens with zero attached hydrogens (tertiary/aromatic N) is 3. The summed E-state index contributed by atoms with van der Waals surface area (Å²) in [4.78, 5) is 45.7. The molecule has 3 aromatic rings. The van der Waals surface area contributed by atoms with Gasteiger partial charge in [0.25, 0.3) is 5.91 Å². The van der Waals surface area contributed by atoms with E-state index in [1.165, 1.54) is 16.5 Å². The van der Waals surface area contributed by atoms with Crippen molar-refractivity contribution in [2.24, 2.45) is 0 Å². The number of carbonyl (C=O) groups excluding carboxylic acids is 3. The van der Waals surface area contributed by atoms with Gasteiger partial charge in [0.1, 0.15) is 11.9 Å². The molecule has 3 amide bonds. The molecule has 2 aromatic carbocycles. The van der Waals surface area contributed by atoms with Crippen LogP contribution in [-0.4, -0.2) is 51.6 Å². The van der Waals surface area contributed by atoms with Crippen molar-refractivity contribution in [2.45, 2.75) is 57.7 Å². The lowest BCUT2D eigenvalue weighted by molar-refractivity contribution is -0.136. The lowest BCUT2D eigenvalue weighted by Gasteiger charge is -2.33. The Bertz CT molecular complexity index is 1430. The Morgan fingerprint density at radius 1 is 1.00 bits per heavy atom. The molecule has 0 bridgehead atoms. The molecule has 200 valence electrons. The lowest BCUT2D eigenvalue weighted by atomic mass is 9.85. The van der Waals surface area contributed by atoms with E-state index in [-0.39, 0.29) is 30.7 Å². The van der Waals surface area contributed by atoms with Crippen LogP contribution in [0.2, 0.25) is 0 Å². The van der Waals surface area contributed by atoms with Gasteiger partial charge in [0.15, 0.2) is 0 Å². The van der Waals surface area contributed by atoms with Gasteiger partial charge in [0.05, 0.1) is 5.69 Å². The minimum Gasteiger partial charge on any atom is -0.322 e. The Balaban J connectivity index is 1.11. The molecule has 6 rings (SSSR count). The number of carbonyl (C=O) groups is 3. The first-order valence-corrected chi connectivity index (χ1v) is 13.6. The monoisotopic (exact) mass is 526 g/mol. The maximum atomic E-state index is 14.7. The highest BCUT2D eigenvalue weighted by molar-refractivity contribution is 6.05. The number of amides is 3. The van der Waals surface area contributed by atoms with Crippen LogP contribution in [0.3, 0.4) is 0 Å². The van der Waals surface area contributed by atoms with Gasteiger partial charge in [0.2, 0.25) is 11.8 Å². The Kier molecular flexibility index (Phi) is 6.73. The van der Waals surface area contributed by atoms with Gasteiger partial charge in [-0.3, -0.25) is 29.6 Å². The van der Waals surface area contributed by atoms with Crippen LogP contribution in [0.5, 0.6) is 0 Å². The lowest BCUT2D eigenvalue weighted by Crippen LogP contribution is -2.52. The molecule has 0 aliphatic carbocycles. The van der Waals surface area contributed by atoms with Crippen molar-refractivity contribution in [3.8, 4) is 11.3 Å². The van der Waals surface area contributed by atoms with Crippen LogP contribution in [0, 0.1) is 12.7 Å². The SMILES string of the molecule is Cc1ccc(-c2ccc(CN3CCC(c4cc(F)cc5c4CN(C4CCC(=O)NC4=O)C5=O)CC3)cn2)cc1. The van der Waals surface area contributed by atoms with E-state index in [2.05, 4.69) is 58.5 Å². The third kappa shape index (κ3) is 5.08. The molecule has 4 heterocycles. The van der Waals surface area contributed by atoms with Crippen molar-refractivity contribution in [3.05, 3.63) is 88.4 Å². The Hall–Kier alpha value is -3.91. The number of benzene rings is 2. The number of pyridine rings is 1. The van der Waals surface area contributed by atoms with E-state index in [1.54, 1.807) is 6.07 Å². The molecule has 0 saturated carbocycles. The molecule has 1 N–H and O–H groups in total. The van der Waals surface area contributed by atoms with Crippen LogP contribution in [0.4, 0.5) is 4.39 Å². The Morgan fingerprint density at radius 2 is 1.77 bits per heavy atom. The highest BCUT2D eigenvalue weighted by atomic mass is 19.1. The summed E-state index contributed by atoms with van der Waals surface area (Å²) in [6.45, 7) is 4.87. The van der Waals surface area contributed by atoms with Gasteiger partial charge in [-0.15, -0.1) is 0 Å². The Morgan fingerprint density at radius 3 is 2.46 bits per heavy atom. The number of aryl methyl sites for hydroxylation is 1. The third-order valence-corrected chi connectivity index (χ3v) is 8.26. The molecular weight excluding hydrogens is 495 g/mol. The number of likely N-dealkylation sites (tertiary alicyclic amines) is 1. The van der Waals surface area contributed by atoms with Crippen LogP contribution in [0.25, 0.3) is 11.3 Å². The number of nitrogens with one attached hydrogen (secondary N) is 1. The molecule has 1 atom stereocenters. The van der Waals surface area contributed by atoms with Crippen molar-refractivity contribution < 1.29 is 18.8 Å². The van der Waals surface area contributed by atoms with E-state index in [0.29, 0.717) is 12.0 Å². The number of piperidine rings is 2.